The first kappa shape index (κ1) is 18.1. The molecule has 0 unspecified atom stereocenters. The Labute approximate surface area is 180 Å². The fourth-order valence-corrected chi connectivity index (χ4v) is 4.89. The van der Waals surface area contributed by atoms with Gasteiger partial charge in [0, 0.05) is 5.39 Å². The van der Waals surface area contributed by atoms with Crippen molar-refractivity contribution in [2.75, 3.05) is 0 Å². The van der Waals surface area contributed by atoms with Crippen LogP contribution in [0.1, 0.15) is 5.56 Å². The monoisotopic (exact) mass is 434 g/mol. The van der Waals surface area contributed by atoms with Crippen molar-refractivity contribution < 1.29 is 0 Å². The standard InChI is InChI=1S/C22H12Cl2N4S/c23-17-7-13(3-5-25)8-18(24)22(17)28-12-27-20-10-26-19-2-1-14(9-16(19)21(20)28)15-4-6-29-11-15/h1-2,4,6-12H,3H2. The molecule has 0 aliphatic rings. The summed E-state index contributed by atoms with van der Waals surface area (Å²) in [5, 5.41) is 15.1. The molecule has 4 nitrogen and oxygen atoms in total. The molecule has 0 N–H and O–H groups in total. The van der Waals surface area contributed by atoms with E-state index in [9.17, 15) is 0 Å². The molecule has 0 saturated heterocycles. The third-order valence-corrected chi connectivity index (χ3v) is 6.09. The zero-order valence-corrected chi connectivity index (χ0v) is 17.3. The summed E-state index contributed by atoms with van der Waals surface area (Å²) in [7, 11) is 0. The number of nitriles is 1. The summed E-state index contributed by atoms with van der Waals surface area (Å²) in [5.41, 5.74) is 6.22. The maximum Gasteiger partial charge on any atom is 0.108 e. The SMILES string of the molecule is N#CCc1cc(Cl)c(-n2cnc3cnc4ccc(-c5ccsc5)cc4c32)c(Cl)c1. The molecule has 29 heavy (non-hydrogen) atoms. The first-order valence-electron chi connectivity index (χ1n) is 8.79. The molecule has 5 aromatic rings. The van der Waals surface area contributed by atoms with Gasteiger partial charge in [-0.1, -0.05) is 29.3 Å². The van der Waals surface area contributed by atoms with Gasteiger partial charge in [-0.15, -0.1) is 0 Å². The Bertz CT molecular complexity index is 1390. The number of pyridine rings is 1. The van der Waals surface area contributed by atoms with Crippen LogP contribution in [0.4, 0.5) is 0 Å². The maximum absolute atomic E-state index is 8.96. The zero-order chi connectivity index (χ0) is 20.0. The van der Waals surface area contributed by atoms with E-state index in [0.717, 1.165) is 38.6 Å². The van der Waals surface area contributed by atoms with Crippen LogP contribution in [0, 0.1) is 11.3 Å². The highest BCUT2D eigenvalue weighted by molar-refractivity contribution is 7.08. The number of halogens is 2. The molecule has 0 bridgehead atoms. The summed E-state index contributed by atoms with van der Waals surface area (Å²) in [6.45, 7) is 0. The van der Waals surface area contributed by atoms with E-state index in [2.05, 4.69) is 45.0 Å². The Kier molecular flexibility index (Phi) is 4.48. The third-order valence-electron chi connectivity index (χ3n) is 4.83. The Morgan fingerprint density at radius 1 is 1.00 bits per heavy atom. The average Bonchev–Trinajstić information content (AvgIpc) is 3.38. The molecule has 3 aromatic heterocycles. The van der Waals surface area contributed by atoms with E-state index in [0.29, 0.717) is 15.7 Å². The van der Waals surface area contributed by atoms with E-state index in [4.69, 9.17) is 28.5 Å². The van der Waals surface area contributed by atoms with Crippen LogP contribution in [0.25, 0.3) is 38.8 Å². The second kappa shape index (κ2) is 7.16. The van der Waals surface area contributed by atoms with Gasteiger partial charge in [0.25, 0.3) is 0 Å². The predicted octanol–water partition coefficient (Wildman–Crippen LogP) is 6.68. The van der Waals surface area contributed by atoms with E-state index in [1.807, 2.05) is 10.6 Å². The summed E-state index contributed by atoms with van der Waals surface area (Å²) in [4.78, 5) is 9.06. The molecular formula is C22H12Cl2N4S. The number of thiophene rings is 1. The molecule has 140 valence electrons. The third kappa shape index (κ3) is 3.06. The van der Waals surface area contributed by atoms with Gasteiger partial charge in [-0.05, 0) is 57.8 Å². The molecule has 0 atom stereocenters. The van der Waals surface area contributed by atoms with Gasteiger partial charge in [0.2, 0.25) is 0 Å². The quantitative estimate of drug-likeness (QED) is 0.318. The molecule has 0 aliphatic carbocycles. The van der Waals surface area contributed by atoms with Crippen molar-refractivity contribution in [2.45, 2.75) is 6.42 Å². The minimum absolute atomic E-state index is 0.251. The molecule has 3 heterocycles. The fourth-order valence-electron chi connectivity index (χ4n) is 3.51. The van der Waals surface area contributed by atoms with Crippen LogP contribution in [0.2, 0.25) is 10.0 Å². The van der Waals surface area contributed by atoms with E-state index in [-0.39, 0.29) is 6.42 Å². The molecule has 0 fully saturated rings. The molecule has 0 amide bonds. The number of rotatable bonds is 3. The summed E-state index contributed by atoms with van der Waals surface area (Å²) < 4.78 is 1.90. The molecule has 5 rings (SSSR count). The summed E-state index contributed by atoms with van der Waals surface area (Å²) in [6, 6.07) is 14.0. The summed E-state index contributed by atoms with van der Waals surface area (Å²) >= 11 is 14.8. The number of nitrogens with zero attached hydrogens (tertiary/aromatic N) is 4. The lowest BCUT2D eigenvalue weighted by atomic mass is 10.1. The number of benzene rings is 2. The second-order valence-electron chi connectivity index (χ2n) is 6.59. The highest BCUT2D eigenvalue weighted by atomic mass is 35.5. The van der Waals surface area contributed by atoms with Gasteiger partial charge >= 0.3 is 0 Å². The van der Waals surface area contributed by atoms with Crippen molar-refractivity contribution in [3.63, 3.8) is 0 Å². The predicted molar refractivity (Wildman–Crippen MR) is 119 cm³/mol. The van der Waals surface area contributed by atoms with E-state index < -0.39 is 0 Å². The van der Waals surface area contributed by atoms with Gasteiger partial charge in [-0.3, -0.25) is 9.55 Å². The van der Waals surface area contributed by atoms with E-state index in [1.165, 1.54) is 0 Å². The van der Waals surface area contributed by atoms with Crippen LogP contribution in [0.5, 0.6) is 0 Å². The zero-order valence-electron chi connectivity index (χ0n) is 14.9. The van der Waals surface area contributed by atoms with Crippen molar-refractivity contribution in [3.05, 3.63) is 75.3 Å². The molecule has 0 spiro atoms. The Morgan fingerprint density at radius 2 is 1.83 bits per heavy atom. The number of fused-ring (bicyclic) bond motifs is 3. The van der Waals surface area contributed by atoms with Crippen LogP contribution >= 0.6 is 34.5 Å². The smallest absolute Gasteiger partial charge is 0.108 e. The van der Waals surface area contributed by atoms with Gasteiger partial charge in [-0.25, -0.2) is 4.98 Å². The molecule has 0 radical (unpaired) electrons. The molecule has 0 saturated carbocycles. The van der Waals surface area contributed by atoms with Gasteiger partial charge in [0.05, 0.1) is 45.5 Å². The average molecular weight is 435 g/mol. The van der Waals surface area contributed by atoms with Crippen molar-refractivity contribution in [1.29, 1.82) is 5.26 Å². The number of hydrogen-bond donors (Lipinski definition) is 0. The Hall–Kier alpha value is -2.91. The first-order chi connectivity index (χ1) is 14.2. The topological polar surface area (TPSA) is 54.5 Å². The van der Waals surface area contributed by atoms with Crippen molar-refractivity contribution in [2.24, 2.45) is 0 Å². The largest absolute Gasteiger partial charge is 0.295 e. The highest BCUT2D eigenvalue weighted by Crippen LogP contribution is 2.35. The molecule has 0 aliphatic heterocycles. The normalized spacial score (nSPS) is 11.2. The molecular weight excluding hydrogens is 423 g/mol. The Balaban J connectivity index is 1.80. The van der Waals surface area contributed by atoms with Gasteiger partial charge in [-0.2, -0.15) is 16.6 Å². The van der Waals surface area contributed by atoms with Crippen molar-refractivity contribution in [1.82, 2.24) is 14.5 Å². The second-order valence-corrected chi connectivity index (χ2v) is 8.19. The molecule has 7 heteroatoms. The van der Waals surface area contributed by atoms with Crippen LogP contribution in [-0.2, 0) is 6.42 Å². The van der Waals surface area contributed by atoms with Crippen molar-refractivity contribution in [3.8, 4) is 22.9 Å². The molecule has 2 aromatic carbocycles. The summed E-state index contributed by atoms with van der Waals surface area (Å²) in [5.74, 6) is 0. The van der Waals surface area contributed by atoms with Gasteiger partial charge in [0.1, 0.15) is 11.8 Å². The van der Waals surface area contributed by atoms with Crippen LogP contribution < -0.4 is 0 Å². The Morgan fingerprint density at radius 3 is 2.55 bits per heavy atom. The fraction of sp³-hybridized carbons (Fsp3) is 0.0455. The van der Waals surface area contributed by atoms with Crippen LogP contribution in [0.3, 0.4) is 0 Å². The first-order valence-corrected chi connectivity index (χ1v) is 10.5. The maximum atomic E-state index is 8.96. The van der Waals surface area contributed by atoms with Gasteiger partial charge < -0.3 is 0 Å². The van der Waals surface area contributed by atoms with Gasteiger partial charge in [0.15, 0.2) is 0 Å². The van der Waals surface area contributed by atoms with E-state index in [1.54, 1.807) is 36.0 Å². The minimum atomic E-state index is 0.251. The lowest BCUT2D eigenvalue weighted by molar-refractivity contribution is 1.09. The van der Waals surface area contributed by atoms with E-state index >= 15 is 0 Å². The van der Waals surface area contributed by atoms with Crippen LogP contribution in [0.15, 0.2) is 59.7 Å². The number of imidazole rings is 1. The van der Waals surface area contributed by atoms with Crippen molar-refractivity contribution >= 4 is 56.5 Å². The number of aromatic nitrogens is 3. The lowest BCUT2D eigenvalue weighted by Gasteiger charge is -2.12. The highest BCUT2D eigenvalue weighted by Gasteiger charge is 2.16. The number of hydrogen-bond acceptors (Lipinski definition) is 4. The lowest BCUT2D eigenvalue weighted by Crippen LogP contribution is -1.97. The summed E-state index contributed by atoms with van der Waals surface area (Å²) in [6.07, 6.45) is 3.71. The minimum Gasteiger partial charge on any atom is -0.295 e. The van der Waals surface area contributed by atoms with Crippen LogP contribution in [-0.4, -0.2) is 14.5 Å².